The van der Waals surface area contributed by atoms with Crippen molar-refractivity contribution in [1.29, 1.82) is 0 Å². The maximum Gasteiger partial charge on any atom is 0.252 e. The second kappa shape index (κ2) is 7.40. The first-order chi connectivity index (χ1) is 12.9. The molecule has 8 nitrogen and oxygen atoms in total. The van der Waals surface area contributed by atoms with Crippen molar-refractivity contribution in [3.05, 3.63) is 28.2 Å². The lowest BCUT2D eigenvalue weighted by Gasteiger charge is -2.32. The number of rotatable bonds is 4. The number of fused-ring (bicyclic) bond motifs is 1. The van der Waals surface area contributed by atoms with Crippen molar-refractivity contribution in [2.45, 2.75) is 37.5 Å². The minimum atomic E-state index is -2.82. The number of anilines is 1. The molecule has 146 valence electrons. The standard InChI is InChI=1S/C17H23N5O3S2/c1-11-8-12-9-18-17(21-15(12)20-16(11)23)19-13-2-5-22(6-3-13)26-14-4-7-27(24,25)10-14/h8-9,13-14H,2-7,10H2,1H3,(H2,18,19,20,21,23). The number of hydrogen-bond acceptors (Lipinski definition) is 8. The monoisotopic (exact) mass is 409 g/mol. The summed E-state index contributed by atoms with van der Waals surface area (Å²) < 4.78 is 25.5. The molecule has 10 heteroatoms. The number of hydrogen-bond donors (Lipinski definition) is 2. The Labute approximate surface area is 162 Å². The highest BCUT2D eigenvalue weighted by Crippen LogP contribution is 2.30. The summed E-state index contributed by atoms with van der Waals surface area (Å²) in [7, 11) is -2.82. The van der Waals surface area contributed by atoms with E-state index in [1.807, 2.05) is 0 Å². The van der Waals surface area contributed by atoms with Crippen LogP contribution in [0.3, 0.4) is 0 Å². The van der Waals surface area contributed by atoms with Gasteiger partial charge in [0.1, 0.15) is 5.65 Å². The van der Waals surface area contributed by atoms with Gasteiger partial charge in [0.2, 0.25) is 5.95 Å². The third-order valence-electron chi connectivity index (χ3n) is 5.06. The van der Waals surface area contributed by atoms with Gasteiger partial charge in [0.25, 0.3) is 5.56 Å². The van der Waals surface area contributed by atoms with Crippen LogP contribution in [0.5, 0.6) is 0 Å². The zero-order valence-electron chi connectivity index (χ0n) is 15.1. The minimum Gasteiger partial charge on any atom is -0.351 e. The summed E-state index contributed by atoms with van der Waals surface area (Å²) in [5, 5.41) is 4.37. The molecule has 0 spiro atoms. The molecule has 2 aromatic heterocycles. The molecule has 0 saturated carbocycles. The van der Waals surface area contributed by atoms with Crippen molar-refractivity contribution in [3.63, 3.8) is 0 Å². The molecule has 4 rings (SSSR count). The molecule has 2 fully saturated rings. The van der Waals surface area contributed by atoms with Crippen molar-refractivity contribution in [2.24, 2.45) is 0 Å². The first-order valence-electron chi connectivity index (χ1n) is 9.13. The van der Waals surface area contributed by atoms with Gasteiger partial charge in [-0.3, -0.25) is 9.10 Å². The molecule has 0 radical (unpaired) electrons. The first-order valence-corrected chi connectivity index (χ1v) is 11.8. The molecule has 4 heterocycles. The van der Waals surface area contributed by atoms with Crippen LogP contribution in [-0.4, -0.2) is 63.6 Å². The Morgan fingerprint density at radius 2 is 2.07 bits per heavy atom. The molecule has 0 aliphatic carbocycles. The van der Waals surface area contributed by atoms with E-state index < -0.39 is 9.84 Å². The molecule has 2 N–H and O–H groups in total. The summed E-state index contributed by atoms with van der Waals surface area (Å²) in [6.07, 6.45) is 4.36. The van der Waals surface area contributed by atoms with E-state index in [0.717, 1.165) is 37.7 Å². The number of H-pyrrole nitrogens is 1. The zero-order valence-corrected chi connectivity index (χ0v) is 16.8. The SMILES string of the molecule is Cc1cc2cnc(NC3CCN(SC4CCS(=O)(=O)C4)CC3)nc2[nH]c1=O. The fourth-order valence-electron chi connectivity index (χ4n) is 3.51. The maximum atomic E-state index is 11.8. The van der Waals surface area contributed by atoms with E-state index in [1.165, 1.54) is 0 Å². The van der Waals surface area contributed by atoms with Gasteiger partial charge in [-0.15, -0.1) is 0 Å². The lowest BCUT2D eigenvalue weighted by Crippen LogP contribution is -2.37. The molecule has 1 atom stereocenters. The third-order valence-corrected chi connectivity index (χ3v) is 8.40. The fraction of sp³-hybridized carbons (Fsp3) is 0.588. The van der Waals surface area contributed by atoms with Crippen LogP contribution >= 0.6 is 11.9 Å². The Hall–Kier alpha value is -1.65. The van der Waals surface area contributed by atoms with Crippen LogP contribution in [-0.2, 0) is 9.84 Å². The lowest BCUT2D eigenvalue weighted by molar-refractivity contribution is 0.356. The summed E-state index contributed by atoms with van der Waals surface area (Å²) in [5.74, 6) is 1.15. The number of nitrogens with one attached hydrogen (secondary N) is 2. The van der Waals surface area contributed by atoms with Gasteiger partial charge in [-0.25, -0.2) is 13.4 Å². The third kappa shape index (κ3) is 4.44. The van der Waals surface area contributed by atoms with Gasteiger partial charge in [0.15, 0.2) is 9.84 Å². The molecule has 0 aromatic carbocycles. The van der Waals surface area contributed by atoms with Gasteiger partial charge in [0, 0.05) is 41.5 Å². The Bertz CT molecular complexity index is 999. The van der Waals surface area contributed by atoms with Crippen LogP contribution in [0.4, 0.5) is 5.95 Å². The Morgan fingerprint density at radius 1 is 1.30 bits per heavy atom. The van der Waals surface area contributed by atoms with Gasteiger partial charge in [-0.1, -0.05) is 11.9 Å². The van der Waals surface area contributed by atoms with E-state index >= 15 is 0 Å². The van der Waals surface area contributed by atoms with Crippen LogP contribution in [0.1, 0.15) is 24.8 Å². The highest BCUT2D eigenvalue weighted by Gasteiger charge is 2.31. The number of piperidine rings is 1. The van der Waals surface area contributed by atoms with Crippen LogP contribution in [0.25, 0.3) is 11.0 Å². The van der Waals surface area contributed by atoms with E-state index in [1.54, 1.807) is 31.1 Å². The Balaban J connectivity index is 1.33. The summed E-state index contributed by atoms with van der Waals surface area (Å²) in [6.45, 7) is 3.57. The van der Waals surface area contributed by atoms with Crippen molar-refractivity contribution >= 4 is 38.8 Å². The van der Waals surface area contributed by atoms with Gasteiger partial charge >= 0.3 is 0 Å². The van der Waals surface area contributed by atoms with Gasteiger partial charge < -0.3 is 10.3 Å². The number of nitrogens with zero attached hydrogens (tertiary/aromatic N) is 3. The topological polar surface area (TPSA) is 108 Å². The first kappa shape index (κ1) is 18.7. The summed E-state index contributed by atoms with van der Waals surface area (Å²) in [4.78, 5) is 23.3. The van der Waals surface area contributed by atoms with Gasteiger partial charge in [-0.2, -0.15) is 4.98 Å². The molecule has 1 unspecified atom stereocenters. The second-order valence-electron chi connectivity index (χ2n) is 7.26. The predicted molar refractivity (Wildman–Crippen MR) is 108 cm³/mol. The summed E-state index contributed by atoms with van der Waals surface area (Å²) >= 11 is 1.70. The van der Waals surface area contributed by atoms with E-state index in [0.29, 0.717) is 28.7 Å². The lowest BCUT2D eigenvalue weighted by atomic mass is 10.1. The minimum absolute atomic E-state index is 0.133. The number of aryl methyl sites for hydroxylation is 1. The Morgan fingerprint density at radius 3 is 2.78 bits per heavy atom. The highest BCUT2D eigenvalue weighted by atomic mass is 32.2. The molecular formula is C17H23N5O3S2. The van der Waals surface area contributed by atoms with Gasteiger partial charge in [0.05, 0.1) is 11.5 Å². The van der Waals surface area contributed by atoms with Crippen LogP contribution < -0.4 is 10.9 Å². The molecule has 2 saturated heterocycles. The average molecular weight is 410 g/mol. The molecule has 0 bridgehead atoms. The maximum absolute atomic E-state index is 11.8. The Kier molecular flexibility index (Phi) is 5.13. The van der Waals surface area contributed by atoms with Crippen molar-refractivity contribution < 1.29 is 8.42 Å². The van der Waals surface area contributed by atoms with E-state index in [2.05, 4.69) is 24.6 Å². The molecule has 2 aromatic rings. The number of aromatic nitrogens is 3. The highest BCUT2D eigenvalue weighted by molar-refractivity contribution is 8.00. The molecular weight excluding hydrogens is 386 g/mol. The normalized spacial score (nSPS) is 23.7. The molecule has 2 aliphatic heterocycles. The van der Waals surface area contributed by atoms with Crippen molar-refractivity contribution in [2.75, 3.05) is 29.9 Å². The van der Waals surface area contributed by atoms with E-state index in [4.69, 9.17) is 0 Å². The zero-order chi connectivity index (χ0) is 19.0. The molecule has 2 aliphatic rings. The molecule has 27 heavy (non-hydrogen) atoms. The van der Waals surface area contributed by atoms with Crippen LogP contribution in [0.2, 0.25) is 0 Å². The van der Waals surface area contributed by atoms with E-state index in [9.17, 15) is 13.2 Å². The average Bonchev–Trinajstić information content (AvgIpc) is 2.96. The number of sulfone groups is 1. The summed E-state index contributed by atoms with van der Waals surface area (Å²) in [5.41, 5.74) is 1.05. The van der Waals surface area contributed by atoms with Crippen molar-refractivity contribution in [1.82, 2.24) is 19.3 Å². The van der Waals surface area contributed by atoms with Gasteiger partial charge in [-0.05, 0) is 32.3 Å². The molecule has 0 amide bonds. The van der Waals surface area contributed by atoms with E-state index in [-0.39, 0.29) is 16.9 Å². The quantitative estimate of drug-likeness (QED) is 0.729. The fourth-order valence-corrected chi connectivity index (χ4v) is 7.14. The smallest absolute Gasteiger partial charge is 0.252 e. The summed E-state index contributed by atoms with van der Waals surface area (Å²) in [6, 6.07) is 2.06. The van der Waals surface area contributed by atoms with Crippen molar-refractivity contribution in [3.8, 4) is 0 Å². The number of aromatic amines is 1. The largest absolute Gasteiger partial charge is 0.351 e. The predicted octanol–water partition coefficient (Wildman–Crippen LogP) is 1.34. The van der Waals surface area contributed by atoms with Crippen LogP contribution in [0, 0.1) is 6.92 Å². The van der Waals surface area contributed by atoms with Crippen LogP contribution in [0.15, 0.2) is 17.1 Å². The number of pyridine rings is 1. The second-order valence-corrected chi connectivity index (χ2v) is 10.9.